The van der Waals surface area contributed by atoms with Crippen molar-refractivity contribution in [3.05, 3.63) is 53.3 Å². The van der Waals surface area contributed by atoms with Gasteiger partial charge in [-0.2, -0.15) is 0 Å². The third kappa shape index (κ3) is 6.65. The summed E-state index contributed by atoms with van der Waals surface area (Å²) in [6, 6.07) is 6.88. The normalized spacial score (nSPS) is 16.4. The molecule has 3 heterocycles. The van der Waals surface area contributed by atoms with Crippen molar-refractivity contribution in [2.75, 3.05) is 50.2 Å². The van der Waals surface area contributed by atoms with Gasteiger partial charge in [0.05, 0.1) is 49.4 Å². The lowest BCUT2D eigenvalue weighted by molar-refractivity contribution is -0.136. The summed E-state index contributed by atoms with van der Waals surface area (Å²) < 4.78 is 11.0. The Balaban J connectivity index is 1.13. The van der Waals surface area contributed by atoms with Crippen LogP contribution in [-0.4, -0.2) is 91.4 Å². The fraction of sp³-hybridized carbons (Fsp3) is 0.346. The van der Waals surface area contributed by atoms with E-state index in [0.717, 1.165) is 4.90 Å². The second-order valence-electron chi connectivity index (χ2n) is 8.78. The Bertz CT molecular complexity index is 1300. The molecule has 0 spiro atoms. The molecule has 2 aromatic rings. The van der Waals surface area contributed by atoms with Crippen molar-refractivity contribution in [2.45, 2.75) is 18.9 Å². The second kappa shape index (κ2) is 13.4. The molecule has 4 N–H and O–H groups in total. The highest BCUT2D eigenvalue weighted by Gasteiger charge is 2.45. The van der Waals surface area contributed by atoms with E-state index < -0.39 is 29.7 Å². The van der Waals surface area contributed by atoms with Crippen LogP contribution in [0.3, 0.4) is 0 Å². The van der Waals surface area contributed by atoms with Crippen LogP contribution in [-0.2, 0) is 23.9 Å². The maximum absolute atomic E-state index is 13.1. The molecule has 210 valence electrons. The Labute approximate surface area is 228 Å². The van der Waals surface area contributed by atoms with E-state index >= 15 is 0 Å². The third-order valence-corrected chi connectivity index (χ3v) is 6.16. The van der Waals surface area contributed by atoms with E-state index in [-0.39, 0.29) is 48.7 Å². The summed E-state index contributed by atoms with van der Waals surface area (Å²) in [6.45, 7) is 1.79. The lowest BCUT2D eigenvalue weighted by Crippen LogP contribution is -2.54. The highest BCUT2D eigenvalue weighted by Crippen LogP contribution is 2.32. The van der Waals surface area contributed by atoms with Crippen molar-refractivity contribution < 1.29 is 38.2 Å². The quantitative estimate of drug-likeness (QED) is 0.140. The lowest BCUT2D eigenvalue weighted by atomic mass is 10.0. The Kier molecular flexibility index (Phi) is 9.48. The van der Waals surface area contributed by atoms with Gasteiger partial charge in [-0.3, -0.25) is 39.0 Å². The van der Waals surface area contributed by atoms with Crippen molar-refractivity contribution in [3.63, 3.8) is 0 Å². The van der Waals surface area contributed by atoms with Crippen LogP contribution in [0, 0.1) is 0 Å². The molecular formula is C26H28N6O8. The molecule has 1 aromatic heterocycles. The number of fused-ring (bicyclic) bond motifs is 1. The van der Waals surface area contributed by atoms with Gasteiger partial charge in [-0.25, -0.2) is 4.98 Å². The number of pyridine rings is 1. The zero-order valence-corrected chi connectivity index (χ0v) is 21.4. The van der Waals surface area contributed by atoms with E-state index in [1.807, 2.05) is 0 Å². The topological polar surface area (TPSA) is 185 Å². The molecule has 2 aliphatic rings. The molecule has 0 bridgehead atoms. The number of anilines is 2. The number of imide groups is 2. The number of carbonyl (C=O) groups excluding carboxylic acids is 6. The van der Waals surface area contributed by atoms with Crippen molar-refractivity contribution in [1.82, 2.24) is 20.5 Å². The van der Waals surface area contributed by atoms with E-state index in [0.29, 0.717) is 44.2 Å². The minimum absolute atomic E-state index is 0.0544. The highest BCUT2D eigenvalue weighted by molar-refractivity contribution is 6.25. The van der Waals surface area contributed by atoms with Crippen LogP contribution in [0.25, 0.3) is 0 Å². The molecule has 40 heavy (non-hydrogen) atoms. The molecule has 2 aliphatic heterocycles. The molecule has 14 heteroatoms. The van der Waals surface area contributed by atoms with Crippen molar-refractivity contribution in [1.29, 1.82) is 0 Å². The maximum Gasteiger partial charge on any atom is 0.269 e. The number of hydrogen-bond acceptors (Lipinski definition) is 10. The predicted octanol–water partition coefficient (Wildman–Crippen LogP) is -0.0738. The van der Waals surface area contributed by atoms with E-state index in [1.54, 1.807) is 18.2 Å². The number of amides is 6. The molecule has 0 aliphatic carbocycles. The highest BCUT2D eigenvalue weighted by atomic mass is 16.5. The number of rotatable bonds is 14. The molecule has 1 aromatic carbocycles. The van der Waals surface area contributed by atoms with Crippen LogP contribution < -0.4 is 21.3 Å². The van der Waals surface area contributed by atoms with Gasteiger partial charge < -0.3 is 25.4 Å². The Hall–Kier alpha value is -4.69. The van der Waals surface area contributed by atoms with Crippen LogP contribution in [0.4, 0.5) is 11.4 Å². The molecule has 4 rings (SSSR count). The fourth-order valence-electron chi connectivity index (χ4n) is 4.25. The SMILES string of the molecule is O=CNc1ccc(C(=O)NCCOCCOCCNc2cccc3c2C(=O)N(C2CCC(=O)NC2=O)C3=O)nc1. The molecule has 0 saturated carbocycles. The second-order valence-corrected chi connectivity index (χ2v) is 8.78. The van der Waals surface area contributed by atoms with Crippen LogP contribution in [0.2, 0.25) is 0 Å². The van der Waals surface area contributed by atoms with Crippen LogP contribution in [0.5, 0.6) is 0 Å². The van der Waals surface area contributed by atoms with E-state index in [4.69, 9.17) is 9.47 Å². The minimum Gasteiger partial charge on any atom is -0.382 e. The Morgan fingerprint density at radius 3 is 2.50 bits per heavy atom. The summed E-state index contributed by atoms with van der Waals surface area (Å²) in [7, 11) is 0. The van der Waals surface area contributed by atoms with Gasteiger partial charge in [0.25, 0.3) is 17.7 Å². The standard InChI is InChI=1S/C26H28N6O8/c33-15-30-16-4-5-19(29-14-16)23(35)28-9-11-40-13-12-39-10-8-27-18-3-1-2-17-22(18)26(38)32(25(17)37)20-6-7-21(34)31-24(20)36/h1-5,14-15,20,27H,6-13H2,(H,28,35)(H,30,33)(H,31,34,36). The number of nitrogens with zero attached hydrogens (tertiary/aromatic N) is 2. The van der Waals surface area contributed by atoms with Crippen LogP contribution in [0.15, 0.2) is 36.5 Å². The van der Waals surface area contributed by atoms with E-state index in [2.05, 4.69) is 26.3 Å². The minimum atomic E-state index is -1.02. The van der Waals surface area contributed by atoms with Gasteiger partial charge in [-0.1, -0.05) is 6.07 Å². The number of benzene rings is 1. The maximum atomic E-state index is 13.1. The number of ether oxygens (including phenoxy) is 2. The number of piperidine rings is 1. The van der Waals surface area contributed by atoms with Crippen molar-refractivity contribution >= 4 is 47.3 Å². The monoisotopic (exact) mass is 552 g/mol. The molecule has 1 fully saturated rings. The Morgan fingerprint density at radius 1 is 1.02 bits per heavy atom. The molecule has 1 atom stereocenters. The number of aromatic nitrogens is 1. The van der Waals surface area contributed by atoms with Crippen molar-refractivity contribution in [2.24, 2.45) is 0 Å². The summed E-state index contributed by atoms with van der Waals surface area (Å²) in [5.74, 6) is -2.60. The van der Waals surface area contributed by atoms with Crippen LogP contribution >= 0.6 is 0 Å². The predicted molar refractivity (Wildman–Crippen MR) is 139 cm³/mol. The van der Waals surface area contributed by atoms with Gasteiger partial charge in [0.1, 0.15) is 11.7 Å². The molecule has 1 saturated heterocycles. The first-order valence-corrected chi connectivity index (χ1v) is 12.6. The van der Waals surface area contributed by atoms with Gasteiger partial charge in [-0.05, 0) is 30.7 Å². The lowest BCUT2D eigenvalue weighted by Gasteiger charge is -2.27. The van der Waals surface area contributed by atoms with E-state index in [1.165, 1.54) is 18.3 Å². The number of carbonyl (C=O) groups is 6. The fourth-order valence-corrected chi connectivity index (χ4v) is 4.25. The first-order valence-electron chi connectivity index (χ1n) is 12.6. The summed E-state index contributed by atoms with van der Waals surface area (Å²) in [4.78, 5) is 77.0. The largest absolute Gasteiger partial charge is 0.382 e. The third-order valence-electron chi connectivity index (χ3n) is 6.16. The average molecular weight is 553 g/mol. The van der Waals surface area contributed by atoms with Gasteiger partial charge in [0.15, 0.2) is 0 Å². The zero-order valence-electron chi connectivity index (χ0n) is 21.4. The number of nitrogens with one attached hydrogen (secondary N) is 4. The number of hydrogen-bond donors (Lipinski definition) is 4. The van der Waals surface area contributed by atoms with Gasteiger partial charge in [0, 0.05) is 25.2 Å². The summed E-state index contributed by atoms with van der Waals surface area (Å²) in [6.07, 6.45) is 2.05. The van der Waals surface area contributed by atoms with Gasteiger partial charge in [-0.15, -0.1) is 0 Å². The van der Waals surface area contributed by atoms with Crippen molar-refractivity contribution in [3.8, 4) is 0 Å². The average Bonchev–Trinajstić information content (AvgIpc) is 3.20. The molecule has 1 unspecified atom stereocenters. The Morgan fingerprint density at radius 2 is 1.80 bits per heavy atom. The van der Waals surface area contributed by atoms with E-state index in [9.17, 15) is 28.8 Å². The van der Waals surface area contributed by atoms with Crippen LogP contribution in [0.1, 0.15) is 44.0 Å². The first kappa shape index (κ1) is 28.3. The summed E-state index contributed by atoms with van der Waals surface area (Å²) in [5.41, 5.74) is 1.53. The molecule has 14 nitrogen and oxygen atoms in total. The molecular weight excluding hydrogens is 524 g/mol. The molecule has 0 radical (unpaired) electrons. The van der Waals surface area contributed by atoms with Gasteiger partial charge >= 0.3 is 0 Å². The van der Waals surface area contributed by atoms with Gasteiger partial charge in [0.2, 0.25) is 18.2 Å². The first-order chi connectivity index (χ1) is 19.4. The smallest absolute Gasteiger partial charge is 0.269 e. The summed E-state index contributed by atoms with van der Waals surface area (Å²) >= 11 is 0. The summed E-state index contributed by atoms with van der Waals surface area (Å²) in [5, 5.41) is 10.4. The zero-order chi connectivity index (χ0) is 28.5. The molecule has 6 amide bonds.